The third kappa shape index (κ3) is 5.41. The highest BCUT2D eigenvalue weighted by molar-refractivity contribution is 5.80. The zero-order valence-electron chi connectivity index (χ0n) is 19.5. The Hall–Kier alpha value is -3.35. The summed E-state index contributed by atoms with van der Waals surface area (Å²) in [5.41, 5.74) is 4.66. The van der Waals surface area contributed by atoms with E-state index in [1.54, 1.807) is 4.90 Å². The number of nitrogens with one attached hydrogen (secondary N) is 1. The van der Waals surface area contributed by atoms with E-state index in [0.717, 1.165) is 17.5 Å². The van der Waals surface area contributed by atoms with Gasteiger partial charge in [0.15, 0.2) is 0 Å². The number of hydrogen-bond acceptors (Lipinski definition) is 4. The number of hydrogen-bond donors (Lipinski definition) is 2. The van der Waals surface area contributed by atoms with Crippen molar-refractivity contribution in [2.24, 2.45) is 5.92 Å². The number of carboxylic acid groups (broad SMARTS) is 1. The van der Waals surface area contributed by atoms with Crippen LogP contribution in [0, 0.1) is 5.92 Å². The average Bonchev–Trinajstić information content (AvgIpc) is 3.40. The lowest BCUT2D eigenvalue weighted by molar-refractivity contribution is -0.138. The quantitative estimate of drug-likeness (QED) is 0.573. The van der Waals surface area contributed by atoms with Crippen LogP contribution in [0.15, 0.2) is 48.5 Å². The number of alkyl carbamates (subject to hydrolysis) is 1. The van der Waals surface area contributed by atoms with E-state index in [-0.39, 0.29) is 43.2 Å². The van der Waals surface area contributed by atoms with Crippen molar-refractivity contribution in [1.82, 2.24) is 10.2 Å². The number of fused-ring (bicyclic) bond motifs is 3. The second-order valence-corrected chi connectivity index (χ2v) is 9.25. The number of carboxylic acids is 1. The Labute approximate surface area is 200 Å². The Morgan fingerprint density at radius 2 is 1.74 bits per heavy atom. The summed E-state index contributed by atoms with van der Waals surface area (Å²) in [7, 11) is 0. The molecular formula is C27H32N2O5. The number of nitrogens with zero attached hydrogens (tertiary/aromatic N) is 1. The van der Waals surface area contributed by atoms with Crippen LogP contribution in [0.2, 0.25) is 0 Å². The van der Waals surface area contributed by atoms with E-state index in [2.05, 4.69) is 29.6 Å². The number of ether oxygens (including phenoxy) is 1. The molecule has 2 N–H and O–H groups in total. The molecule has 2 aliphatic rings. The van der Waals surface area contributed by atoms with Crippen molar-refractivity contribution >= 4 is 18.0 Å². The highest BCUT2D eigenvalue weighted by Gasteiger charge is 2.31. The number of likely N-dealkylation sites (tertiary alicyclic amines) is 1. The van der Waals surface area contributed by atoms with Crippen molar-refractivity contribution in [3.63, 3.8) is 0 Å². The first-order valence-electron chi connectivity index (χ1n) is 12.1. The monoisotopic (exact) mass is 464 g/mol. The molecule has 0 radical (unpaired) electrons. The molecule has 1 aliphatic heterocycles. The lowest BCUT2D eigenvalue weighted by atomic mass is 9.98. The molecule has 0 aromatic heterocycles. The number of benzene rings is 2. The Kier molecular flexibility index (Phi) is 7.50. The van der Waals surface area contributed by atoms with Crippen molar-refractivity contribution < 1.29 is 24.2 Å². The fourth-order valence-corrected chi connectivity index (χ4v) is 5.19. The van der Waals surface area contributed by atoms with Crippen molar-refractivity contribution in [3.05, 3.63) is 59.7 Å². The van der Waals surface area contributed by atoms with Crippen LogP contribution in [0.3, 0.4) is 0 Å². The largest absolute Gasteiger partial charge is 0.481 e. The molecular weight excluding hydrogens is 432 g/mol. The van der Waals surface area contributed by atoms with Crippen LogP contribution in [0.5, 0.6) is 0 Å². The summed E-state index contributed by atoms with van der Waals surface area (Å²) >= 11 is 0. The van der Waals surface area contributed by atoms with Gasteiger partial charge in [-0.05, 0) is 41.0 Å². The van der Waals surface area contributed by atoms with E-state index in [9.17, 15) is 14.4 Å². The van der Waals surface area contributed by atoms with Gasteiger partial charge in [0, 0.05) is 37.9 Å². The maximum Gasteiger partial charge on any atom is 0.407 e. The van der Waals surface area contributed by atoms with Crippen LogP contribution in [0.25, 0.3) is 11.1 Å². The van der Waals surface area contributed by atoms with E-state index >= 15 is 0 Å². The second-order valence-electron chi connectivity index (χ2n) is 9.25. The van der Waals surface area contributed by atoms with Gasteiger partial charge in [-0.3, -0.25) is 9.59 Å². The molecule has 2 amide bonds. The number of rotatable bonds is 9. The summed E-state index contributed by atoms with van der Waals surface area (Å²) in [6.45, 7) is 3.28. The zero-order chi connectivity index (χ0) is 24.1. The van der Waals surface area contributed by atoms with Crippen LogP contribution in [0.4, 0.5) is 4.79 Å². The summed E-state index contributed by atoms with van der Waals surface area (Å²) in [5.74, 6) is -0.897. The normalized spacial score (nSPS) is 17.7. The van der Waals surface area contributed by atoms with Gasteiger partial charge in [-0.2, -0.15) is 0 Å². The van der Waals surface area contributed by atoms with Crippen LogP contribution in [-0.2, 0) is 14.3 Å². The molecule has 2 aromatic rings. The first kappa shape index (κ1) is 23.8. The lowest BCUT2D eigenvalue weighted by Crippen LogP contribution is -2.40. The van der Waals surface area contributed by atoms with Gasteiger partial charge in [0.25, 0.3) is 0 Å². The second kappa shape index (κ2) is 10.7. The Morgan fingerprint density at radius 1 is 1.09 bits per heavy atom. The van der Waals surface area contributed by atoms with Crippen LogP contribution < -0.4 is 5.32 Å². The molecule has 0 saturated carbocycles. The van der Waals surface area contributed by atoms with Gasteiger partial charge < -0.3 is 20.1 Å². The Bertz CT molecular complexity index is 1010. The molecule has 2 unspecified atom stereocenters. The molecule has 2 aromatic carbocycles. The van der Waals surface area contributed by atoms with Gasteiger partial charge in [-0.1, -0.05) is 61.9 Å². The van der Waals surface area contributed by atoms with E-state index in [4.69, 9.17) is 9.84 Å². The molecule has 4 rings (SSSR count). The topological polar surface area (TPSA) is 95.9 Å². The minimum atomic E-state index is -0.833. The standard InChI is InChI=1S/C27H32N2O5/c1-2-7-19(15-25(30)29-13-12-18(16-29)14-26(31)32)28-27(33)34-17-24-22-10-5-3-8-20(22)21-9-4-6-11-23(21)24/h3-6,8-11,18-19,24H,2,7,12-17H2,1H3,(H,28,33)(H,31,32). The molecule has 1 saturated heterocycles. The SMILES string of the molecule is CCCC(CC(=O)N1CCC(CC(=O)O)C1)NC(=O)OCC1c2ccccc2-c2ccccc21. The number of aliphatic carboxylic acids is 1. The molecule has 180 valence electrons. The van der Waals surface area contributed by atoms with E-state index in [1.807, 2.05) is 31.2 Å². The molecule has 7 heteroatoms. The highest BCUT2D eigenvalue weighted by Crippen LogP contribution is 2.44. The molecule has 0 spiro atoms. The zero-order valence-corrected chi connectivity index (χ0v) is 19.5. The minimum absolute atomic E-state index is 0.00108. The minimum Gasteiger partial charge on any atom is -0.481 e. The average molecular weight is 465 g/mol. The summed E-state index contributed by atoms with van der Waals surface area (Å²) in [5, 5.41) is 11.9. The number of carbonyl (C=O) groups excluding carboxylic acids is 2. The molecule has 34 heavy (non-hydrogen) atoms. The molecule has 7 nitrogen and oxygen atoms in total. The Morgan fingerprint density at radius 3 is 2.35 bits per heavy atom. The molecule has 2 atom stereocenters. The smallest absolute Gasteiger partial charge is 0.407 e. The highest BCUT2D eigenvalue weighted by atomic mass is 16.5. The maximum absolute atomic E-state index is 12.8. The fraction of sp³-hybridized carbons (Fsp3) is 0.444. The van der Waals surface area contributed by atoms with Gasteiger partial charge in [0.2, 0.25) is 5.91 Å². The first-order valence-corrected chi connectivity index (χ1v) is 12.1. The van der Waals surface area contributed by atoms with Gasteiger partial charge in [-0.25, -0.2) is 4.79 Å². The molecule has 1 fully saturated rings. The van der Waals surface area contributed by atoms with Crippen molar-refractivity contribution in [2.75, 3.05) is 19.7 Å². The van der Waals surface area contributed by atoms with Gasteiger partial charge in [-0.15, -0.1) is 0 Å². The summed E-state index contributed by atoms with van der Waals surface area (Å²) in [6, 6.07) is 16.1. The first-order chi connectivity index (χ1) is 16.5. The van der Waals surface area contributed by atoms with Crippen LogP contribution in [-0.4, -0.2) is 53.7 Å². The van der Waals surface area contributed by atoms with Crippen LogP contribution >= 0.6 is 0 Å². The predicted molar refractivity (Wildman–Crippen MR) is 128 cm³/mol. The van der Waals surface area contributed by atoms with Gasteiger partial charge in [0.05, 0.1) is 0 Å². The van der Waals surface area contributed by atoms with Crippen LogP contribution in [0.1, 0.15) is 56.1 Å². The number of carbonyl (C=O) groups is 3. The van der Waals surface area contributed by atoms with E-state index in [1.165, 1.54) is 11.1 Å². The van der Waals surface area contributed by atoms with Crippen molar-refractivity contribution in [1.29, 1.82) is 0 Å². The lowest BCUT2D eigenvalue weighted by Gasteiger charge is -2.22. The predicted octanol–water partition coefficient (Wildman–Crippen LogP) is 4.41. The van der Waals surface area contributed by atoms with Gasteiger partial charge >= 0.3 is 12.1 Å². The van der Waals surface area contributed by atoms with E-state index < -0.39 is 12.1 Å². The summed E-state index contributed by atoms with van der Waals surface area (Å²) in [6.07, 6.45) is 1.96. The Balaban J connectivity index is 1.32. The third-order valence-electron chi connectivity index (χ3n) is 6.83. The molecule has 1 heterocycles. The van der Waals surface area contributed by atoms with Crippen molar-refractivity contribution in [3.8, 4) is 11.1 Å². The van der Waals surface area contributed by atoms with Gasteiger partial charge in [0.1, 0.15) is 6.61 Å². The van der Waals surface area contributed by atoms with Crippen molar-refractivity contribution in [2.45, 2.75) is 51.0 Å². The van der Waals surface area contributed by atoms with E-state index in [0.29, 0.717) is 25.9 Å². The molecule has 0 bridgehead atoms. The fourth-order valence-electron chi connectivity index (χ4n) is 5.19. The third-order valence-corrected chi connectivity index (χ3v) is 6.83. The molecule has 1 aliphatic carbocycles. The summed E-state index contributed by atoms with van der Waals surface area (Å²) < 4.78 is 5.64. The number of amides is 2. The maximum atomic E-state index is 12.8. The summed E-state index contributed by atoms with van der Waals surface area (Å²) in [4.78, 5) is 38.1.